The standard InChI is InChI=1S/C21H27N7O14P2/c22-18-12-20(26-6-25-18)28(7-27-12)21-16(32)14(30)11(41-21)5-39-44(36,37)42-43(34,35)38-4-10-13(29)15(31)17(40-10)8-1-9(19(23)33)3-24-2-8/h1-3,6-7,10-11,13-17,21,29-32H,4-5H2,(H2,23,33)(H,34,35)(H,36,37)(H2,22,25,26)/t10-,11-,13?,14?,15?,16?,17+,21-/m1/s1. The Labute approximate surface area is 246 Å². The number of rotatable bonds is 11. The van der Waals surface area contributed by atoms with E-state index in [9.17, 15) is 44.1 Å². The number of ether oxygens (including phenoxy) is 2. The van der Waals surface area contributed by atoms with Gasteiger partial charge in [0, 0.05) is 18.0 Å². The third-order valence-corrected chi connectivity index (χ3v) is 9.35. The average Bonchev–Trinajstić information content (AvgIpc) is 3.61. The molecule has 3 aromatic heterocycles. The van der Waals surface area contributed by atoms with E-state index in [0.717, 1.165) is 6.33 Å². The van der Waals surface area contributed by atoms with Crippen LogP contribution >= 0.6 is 15.6 Å². The average molecular weight is 663 g/mol. The van der Waals surface area contributed by atoms with Gasteiger partial charge >= 0.3 is 15.6 Å². The van der Waals surface area contributed by atoms with Crippen molar-refractivity contribution in [1.82, 2.24) is 24.5 Å². The van der Waals surface area contributed by atoms with Crippen molar-refractivity contribution in [3.05, 3.63) is 42.2 Å². The Balaban J connectivity index is 1.16. The van der Waals surface area contributed by atoms with Crippen molar-refractivity contribution in [2.75, 3.05) is 18.9 Å². The number of aliphatic hydroxyl groups is 4. The summed E-state index contributed by atoms with van der Waals surface area (Å²) < 4.78 is 50.8. The Hall–Kier alpha value is -3.01. The van der Waals surface area contributed by atoms with Gasteiger partial charge in [0.1, 0.15) is 54.6 Å². The molecule has 0 aliphatic carbocycles. The molecule has 2 fully saturated rings. The maximum absolute atomic E-state index is 12.4. The number of fused-ring (bicyclic) bond motifs is 1. The summed E-state index contributed by atoms with van der Waals surface area (Å²) in [4.78, 5) is 47.1. The summed E-state index contributed by atoms with van der Waals surface area (Å²) in [5.41, 5.74) is 11.5. The number of phosphoric ester groups is 2. The van der Waals surface area contributed by atoms with Crippen molar-refractivity contribution in [1.29, 1.82) is 0 Å². The number of nitrogen functional groups attached to an aromatic ring is 1. The number of aromatic nitrogens is 5. The zero-order chi connectivity index (χ0) is 32.0. The predicted octanol–water partition coefficient (Wildman–Crippen LogP) is -2.37. The molecule has 44 heavy (non-hydrogen) atoms. The Kier molecular flexibility index (Phi) is 9.13. The molecule has 0 aromatic carbocycles. The van der Waals surface area contributed by atoms with Crippen LogP contribution in [-0.4, -0.2) is 110 Å². The fourth-order valence-corrected chi connectivity index (χ4v) is 6.67. The number of carbonyl (C=O) groups is 1. The van der Waals surface area contributed by atoms with Crippen molar-refractivity contribution >= 4 is 38.5 Å². The van der Waals surface area contributed by atoms with Crippen molar-refractivity contribution in [3.8, 4) is 0 Å². The lowest BCUT2D eigenvalue weighted by Crippen LogP contribution is -2.33. The highest BCUT2D eigenvalue weighted by atomic mass is 31.3. The zero-order valence-corrected chi connectivity index (χ0v) is 23.9. The Morgan fingerprint density at radius 1 is 0.932 bits per heavy atom. The minimum Gasteiger partial charge on any atom is -0.387 e. The molecule has 0 radical (unpaired) electrons. The van der Waals surface area contributed by atoms with E-state index in [4.69, 9.17) is 25.5 Å². The number of phosphoric acid groups is 2. The number of hydrogen-bond acceptors (Lipinski definition) is 17. The molecule has 240 valence electrons. The number of hydrogen-bond donors (Lipinski definition) is 8. The fraction of sp³-hybridized carbons (Fsp3) is 0.476. The molecule has 2 aliphatic rings. The van der Waals surface area contributed by atoms with E-state index in [1.165, 1.54) is 29.4 Å². The lowest BCUT2D eigenvalue weighted by atomic mass is 10.0. The minimum absolute atomic E-state index is 0.00466. The van der Waals surface area contributed by atoms with Gasteiger partial charge in [0.05, 0.1) is 25.1 Å². The van der Waals surface area contributed by atoms with E-state index < -0.39 is 83.7 Å². The minimum atomic E-state index is -5.37. The molecule has 2 saturated heterocycles. The third-order valence-electron chi connectivity index (χ3n) is 6.74. The second-order valence-electron chi connectivity index (χ2n) is 9.69. The summed E-state index contributed by atoms with van der Waals surface area (Å²) in [6.07, 6.45) is -7.10. The molecular formula is C21H27N7O14P2. The van der Waals surface area contributed by atoms with Crippen LogP contribution in [-0.2, 0) is 32.0 Å². The molecule has 5 heterocycles. The van der Waals surface area contributed by atoms with Crippen molar-refractivity contribution in [2.24, 2.45) is 5.73 Å². The van der Waals surface area contributed by atoms with Crippen LogP contribution in [0.5, 0.6) is 0 Å². The molecular weight excluding hydrogens is 636 g/mol. The van der Waals surface area contributed by atoms with Gasteiger partial charge in [-0.05, 0) is 6.07 Å². The Morgan fingerprint density at radius 3 is 2.23 bits per heavy atom. The number of carbonyl (C=O) groups excluding carboxylic acids is 1. The highest BCUT2D eigenvalue weighted by Crippen LogP contribution is 2.60. The molecule has 0 bridgehead atoms. The Morgan fingerprint density at radius 2 is 1.57 bits per heavy atom. The van der Waals surface area contributed by atoms with E-state index in [1.807, 2.05) is 0 Å². The predicted molar refractivity (Wildman–Crippen MR) is 141 cm³/mol. The molecule has 5 rings (SSSR count). The highest BCUT2D eigenvalue weighted by Gasteiger charge is 2.48. The van der Waals surface area contributed by atoms with Crippen LogP contribution in [0.15, 0.2) is 31.1 Å². The van der Waals surface area contributed by atoms with Crippen LogP contribution in [0.25, 0.3) is 11.2 Å². The summed E-state index contributed by atoms with van der Waals surface area (Å²) >= 11 is 0. The van der Waals surface area contributed by atoms with Crippen LogP contribution in [0.4, 0.5) is 5.82 Å². The van der Waals surface area contributed by atoms with Gasteiger partial charge < -0.3 is 51.2 Å². The number of pyridine rings is 1. The molecule has 23 heteroatoms. The molecule has 2 aliphatic heterocycles. The van der Waals surface area contributed by atoms with Crippen LogP contribution in [0.3, 0.4) is 0 Å². The summed E-state index contributed by atoms with van der Waals surface area (Å²) in [7, 11) is -10.7. The number of nitrogens with zero attached hydrogens (tertiary/aromatic N) is 5. The molecule has 10 atom stereocenters. The highest BCUT2D eigenvalue weighted by molar-refractivity contribution is 7.61. The first-order valence-electron chi connectivity index (χ1n) is 12.5. The summed E-state index contributed by atoms with van der Waals surface area (Å²) in [5, 5.41) is 41.6. The van der Waals surface area contributed by atoms with Gasteiger partial charge in [-0.25, -0.2) is 24.1 Å². The number of amides is 1. The number of imidazole rings is 1. The second-order valence-corrected chi connectivity index (χ2v) is 12.7. The van der Waals surface area contributed by atoms with Crippen LogP contribution < -0.4 is 11.5 Å². The molecule has 3 aromatic rings. The first-order chi connectivity index (χ1) is 20.7. The van der Waals surface area contributed by atoms with Gasteiger partial charge in [-0.1, -0.05) is 0 Å². The fourth-order valence-electron chi connectivity index (χ4n) is 4.58. The van der Waals surface area contributed by atoms with Crippen molar-refractivity contribution < 1.29 is 67.0 Å². The molecule has 1 amide bonds. The molecule has 6 unspecified atom stereocenters. The van der Waals surface area contributed by atoms with E-state index in [1.54, 1.807) is 0 Å². The Bertz CT molecular complexity index is 1630. The third kappa shape index (κ3) is 6.65. The van der Waals surface area contributed by atoms with Gasteiger partial charge in [0.2, 0.25) is 5.91 Å². The first kappa shape index (κ1) is 32.4. The van der Waals surface area contributed by atoms with Crippen molar-refractivity contribution in [3.63, 3.8) is 0 Å². The number of primary amides is 1. The number of nitrogens with two attached hydrogens (primary N) is 2. The summed E-state index contributed by atoms with van der Waals surface area (Å²) in [5.74, 6) is -0.758. The second kappa shape index (κ2) is 12.4. The lowest BCUT2D eigenvalue weighted by molar-refractivity contribution is -0.0507. The summed E-state index contributed by atoms with van der Waals surface area (Å²) in [6, 6.07) is 1.27. The quantitative estimate of drug-likeness (QED) is 0.0994. The maximum Gasteiger partial charge on any atom is 0.481 e. The van der Waals surface area contributed by atoms with E-state index in [-0.39, 0.29) is 28.1 Å². The number of aliphatic hydroxyl groups excluding tert-OH is 4. The molecule has 10 N–H and O–H groups in total. The smallest absolute Gasteiger partial charge is 0.387 e. The normalized spacial score (nSPS) is 31.6. The molecule has 0 spiro atoms. The monoisotopic (exact) mass is 663 g/mol. The van der Waals surface area contributed by atoms with Gasteiger partial charge in [-0.15, -0.1) is 0 Å². The van der Waals surface area contributed by atoms with Crippen LogP contribution in [0.2, 0.25) is 0 Å². The van der Waals surface area contributed by atoms with Gasteiger partial charge in [0.25, 0.3) is 0 Å². The van der Waals surface area contributed by atoms with Gasteiger partial charge in [0.15, 0.2) is 17.7 Å². The largest absolute Gasteiger partial charge is 0.481 e. The van der Waals surface area contributed by atoms with E-state index in [0.29, 0.717) is 0 Å². The topological polar surface area (TPSA) is 327 Å². The zero-order valence-electron chi connectivity index (χ0n) is 22.2. The summed E-state index contributed by atoms with van der Waals surface area (Å²) in [6.45, 7) is -1.81. The van der Waals surface area contributed by atoms with Crippen LogP contribution in [0.1, 0.15) is 28.3 Å². The van der Waals surface area contributed by atoms with E-state index >= 15 is 0 Å². The first-order valence-corrected chi connectivity index (χ1v) is 15.5. The molecule has 21 nitrogen and oxygen atoms in total. The maximum atomic E-state index is 12.4. The van der Waals surface area contributed by atoms with E-state index in [2.05, 4.69) is 28.8 Å². The van der Waals surface area contributed by atoms with Crippen LogP contribution in [0, 0.1) is 0 Å². The molecule has 0 saturated carbocycles. The SMILES string of the molecule is NC(=O)c1cncc([C@@H]2O[C@H](COP(=O)(O)OP(=O)(O)OC[C@H]3O[C@@H](n4cnc5c(N)ncnc54)C(O)C3O)C(O)C2O)c1. The van der Waals surface area contributed by atoms with Crippen molar-refractivity contribution in [2.45, 2.75) is 49.0 Å². The lowest BCUT2D eigenvalue weighted by Gasteiger charge is -2.20. The van der Waals surface area contributed by atoms with Gasteiger partial charge in [-0.3, -0.25) is 23.4 Å². The number of anilines is 1. The van der Waals surface area contributed by atoms with Gasteiger partial charge in [-0.2, -0.15) is 4.31 Å².